The van der Waals surface area contributed by atoms with Crippen LogP contribution >= 0.6 is 0 Å². The number of rotatable bonds is 1. The minimum atomic E-state index is -0.223. The average molecular weight is 307 g/mol. The van der Waals surface area contributed by atoms with Crippen LogP contribution in [0.2, 0.25) is 0 Å². The summed E-state index contributed by atoms with van der Waals surface area (Å²) in [5.41, 5.74) is 9.28. The molecule has 23 heavy (non-hydrogen) atoms. The molecule has 1 aromatic carbocycles. The summed E-state index contributed by atoms with van der Waals surface area (Å²) in [6, 6.07) is 5.99. The lowest BCUT2D eigenvalue weighted by molar-refractivity contribution is 0.367. The molecule has 3 heterocycles. The molecular weight excluding hydrogens is 290 g/mol. The first-order valence-corrected chi connectivity index (χ1v) is 7.39. The van der Waals surface area contributed by atoms with Gasteiger partial charge in [0, 0.05) is 10.9 Å². The molecule has 0 spiro atoms. The van der Waals surface area contributed by atoms with Crippen LogP contribution in [0.15, 0.2) is 30.7 Å². The number of para-hydroxylation sites is 1. The van der Waals surface area contributed by atoms with Crippen LogP contribution in [0.25, 0.3) is 33.2 Å². The van der Waals surface area contributed by atoms with E-state index in [9.17, 15) is 0 Å². The van der Waals surface area contributed by atoms with Gasteiger partial charge in [-0.25, -0.2) is 14.6 Å². The number of aromatic nitrogens is 6. The molecule has 0 unspecified atom stereocenters. The van der Waals surface area contributed by atoms with E-state index in [4.69, 9.17) is 10.8 Å². The van der Waals surface area contributed by atoms with E-state index in [1.54, 1.807) is 6.20 Å². The zero-order valence-electron chi connectivity index (χ0n) is 13.2. The Balaban J connectivity index is 2.14. The van der Waals surface area contributed by atoms with Crippen molar-refractivity contribution in [3.05, 3.63) is 30.7 Å². The third-order valence-corrected chi connectivity index (χ3v) is 3.86. The zero-order valence-corrected chi connectivity index (χ0v) is 13.2. The number of benzene rings is 1. The highest BCUT2D eigenvalue weighted by Crippen LogP contribution is 2.35. The molecule has 0 aliphatic heterocycles. The van der Waals surface area contributed by atoms with Gasteiger partial charge in [-0.15, -0.1) is 0 Å². The first-order chi connectivity index (χ1) is 11.0. The van der Waals surface area contributed by atoms with Crippen molar-refractivity contribution in [3.8, 4) is 11.3 Å². The molecule has 0 aliphatic rings. The van der Waals surface area contributed by atoms with Crippen molar-refractivity contribution in [3.63, 3.8) is 0 Å². The number of nitrogens with one attached hydrogen (secondary N) is 1. The molecule has 4 rings (SSSR count). The molecule has 0 bridgehead atoms. The number of nitrogens with zero attached hydrogens (tertiary/aromatic N) is 5. The number of hydrogen-bond donors (Lipinski definition) is 2. The van der Waals surface area contributed by atoms with Gasteiger partial charge >= 0.3 is 0 Å². The summed E-state index contributed by atoms with van der Waals surface area (Å²) in [5, 5.41) is 13.8. The maximum absolute atomic E-state index is 6.14. The number of nitrogen functional groups attached to an aromatic ring is 1. The number of H-pyrrole nitrogens is 1. The second-order valence-corrected chi connectivity index (χ2v) is 6.53. The molecule has 0 radical (unpaired) electrons. The molecule has 7 nitrogen and oxygen atoms in total. The molecule has 3 aromatic heterocycles. The summed E-state index contributed by atoms with van der Waals surface area (Å²) in [5.74, 6) is 0.428. The summed E-state index contributed by atoms with van der Waals surface area (Å²) in [4.78, 5) is 8.55. The van der Waals surface area contributed by atoms with Gasteiger partial charge in [-0.2, -0.15) is 10.2 Å². The van der Waals surface area contributed by atoms with Crippen LogP contribution in [0.1, 0.15) is 20.8 Å². The smallest absolute Gasteiger partial charge is 0.164 e. The highest BCUT2D eigenvalue weighted by Gasteiger charge is 2.24. The second kappa shape index (κ2) is 4.52. The fourth-order valence-corrected chi connectivity index (χ4v) is 2.80. The van der Waals surface area contributed by atoms with E-state index in [1.165, 1.54) is 6.33 Å². The zero-order chi connectivity index (χ0) is 16.2. The summed E-state index contributed by atoms with van der Waals surface area (Å²) >= 11 is 0. The van der Waals surface area contributed by atoms with Crippen LogP contribution in [0.5, 0.6) is 0 Å². The summed E-state index contributed by atoms with van der Waals surface area (Å²) in [6.07, 6.45) is 3.27. The van der Waals surface area contributed by atoms with Crippen molar-refractivity contribution in [1.29, 1.82) is 0 Å². The van der Waals surface area contributed by atoms with Crippen LogP contribution in [0.4, 0.5) is 5.82 Å². The topological polar surface area (TPSA) is 98.3 Å². The fraction of sp³-hybridized carbons (Fsp3) is 0.250. The summed E-state index contributed by atoms with van der Waals surface area (Å²) in [6.45, 7) is 6.24. The van der Waals surface area contributed by atoms with Crippen LogP contribution < -0.4 is 5.73 Å². The Labute approximate surface area is 132 Å². The van der Waals surface area contributed by atoms with E-state index in [1.807, 2.05) is 22.9 Å². The van der Waals surface area contributed by atoms with Crippen molar-refractivity contribution in [2.75, 3.05) is 5.73 Å². The Morgan fingerprint density at radius 2 is 2.00 bits per heavy atom. The van der Waals surface area contributed by atoms with Crippen LogP contribution in [-0.2, 0) is 5.54 Å². The lowest BCUT2D eigenvalue weighted by Crippen LogP contribution is -2.23. The van der Waals surface area contributed by atoms with E-state index in [2.05, 4.69) is 40.9 Å². The first kappa shape index (κ1) is 13.7. The predicted molar refractivity (Wildman–Crippen MR) is 89.8 cm³/mol. The van der Waals surface area contributed by atoms with Crippen molar-refractivity contribution in [2.24, 2.45) is 0 Å². The van der Waals surface area contributed by atoms with Gasteiger partial charge in [0.15, 0.2) is 5.65 Å². The Hall–Kier alpha value is -2.96. The maximum Gasteiger partial charge on any atom is 0.164 e. The van der Waals surface area contributed by atoms with Gasteiger partial charge in [-0.05, 0) is 20.8 Å². The maximum atomic E-state index is 6.14. The van der Waals surface area contributed by atoms with Crippen molar-refractivity contribution in [1.82, 2.24) is 29.9 Å². The third kappa shape index (κ3) is 1.97. The largest absolute Gasteiger partial charge is 0.383 e. The van der Waals surface area contributed by atoms with Gasteiger partial charge in [0.1, 0.15) is 17.8 Å². The van der Waals surface area contributed by atoms with E-state index < -0.39 is 0 Å². The van der Waals surface area contributed by atoms with E-state index in [-0.39, 0.29) is 5.54 Å². The molecule has 0 atom stereocenters. The van der Waals surface area contributed by atoms with E-state index in [0.717, 1.165) is 33.2 Å². The predicted octanol–water partition coefficient (Wildman–Crippen LogP) is 2.71. The molecule has 0 aliphatic carbocycles. The standard InChI is InChI=1S/C16H17N7/c1-16(2,3)23-15-11(14(17)18-8-19-15)13(22-23)10-6-4-5-9-7-20-21-12(9)10/h4-8H,1-3H3,(H,20,21)(H2,17,18,19). The SMILES string of the molecule is CC(C)(C)n1nc(-c2cccc3cn[nH]c23)c2c(N)ncnc21. The summed E-state index contributed by atoms with van der Waals surface area (Å²) in [7, 11) is 0. The van der Waals surface area contributed by atoms with Crippen LogP contribution in [-0.4, -0.2) is 29.9 Å². The molecule has 116 valence electrons. The van der Waals surface area contributed by atoms with Gasteiger partial charge in [-0.3, -0.25) is 5.10 Å². The first-order valence-electron chi connectivity index (χ1n) is 7.39. The van der Waals surface area contributed by atoms with Gasteiger partial charge in [0.25, 0.3) is 0 Å². The molecular formula is C16H17N7. The highest BCUT2D eigenvalue weighted by molar-refractivity contribution is 6.04. The minimum Gasteiger partial charge on any atom is -0.383 e. The number of anilines is 1. The monoisotopic (exact) mass is 307 g/mol. The molecule has 3 N–H and O–H groups in total. The molecule has 0 saturated heterocycles. The van der Waals surface area contributed by atoms with Gasteiger partial charge < -0.3 is 5.73 Å². The van der Waals surface area contributed by atoms with Crippen LogP contribution in [0.3, 0.4) is 0 Å². The number of nitrogens with two attached hydrogens (primary N) is 1. The number of hydrogen-bond acceptors (Lipinski definition) is 5. The second-order valence-electron chi connectivity index (χ2n) is 6.53. The Bertz CT molecular complexity index is 1020. The van der Waals surface area contributed by atoms with Gasteiger partial charge in [-0.1, -0.05) is 18.2 Å². The van der Waals surface area contributed by atoms with Gasteiger partial charge in [0.2, 0.25) is 0 Å². The minimum absolute atomic E-state index is 0.223. The Morgan fingerprint density at radius 3 is 2.78 bits per heavy atom. The quantitative estimate of drug-likeness (QED) is 0.563. The highest BCUT2D eigenvalue weighted by atomic mass is 15.3. The van der Waals surface area contributed by atoms with Crippen molar-refractivity contribution < 1.29 is 0 Å². The lowest BCUT2D eigenvalue weighted by atomic mass is 10.1. The third-order valence-electron chi connectivity index (χ3n) is 3.86. The molecule has 0 fully saturated rings. The lowest BCUT2D eigenvalue weighted by Gasteiger charge is -2.19. The molecule has 7 heteroatoms. The van der Waals surface area contributed by atoms with E-state index in [0.29, 0.717) is 5.82 Å². The normalized spacial score (nSPS) is 12.3. The molecule has 0 saturated carbocycles. The van der Waals surface area contributed by atoms with Gasteiger partial charge in [0.05, 0.1) is 22.6 Å². The van der Waals surface area contributed by atoms with Crippen LogP contribution in [0, 0.1) is 0 Å². The Kier molecular flexibility index (Phi) is 2.69. The number of aromatic amines is 1. The summed E-state index contributed by atoms with van der Waals surface area (Å²) < 4.78 is 1.89. The van der Waals surface area contributed by atoms with Crippen molar-refractivity contribution in [2.45, 2.75) is 26.3 Å². The number of fused-ring (bicyclic) bond motifs is 2. The van der Waals surface area contributed by atoms with Crippen molar-refractivity contribution >= 4 is 27.8 Å². The fourth-order valence-electron chi connectivity index (χ4n) is 2.80. The Morgan fingerprint density at radius 1 is 1.17 bits per heavy atom. The molecule has 4 aromatic rings. The molecule has 0 amide bonds. The average Bonchev–Trinajstić information content (AvgIpc) is 3.11. The van der Waals surface area contributed by atoms with E-state index >= 15 is 0 Å².